The predicted octanol–water partition coefficient (Wildman–Crippen LogP) is 1.68. The first-order valence-corrected chi connectivity index (χ1v) is 11.0. The van der Waals surface area contributed by atoms with Crippen LogP contribution in [0.4, 0.5) is 5.69 Å². The van der Waals surface area contributed by atoms with Crippen molar-refractivity contribution in [2.45, 2.75) is 32.2 Å². The van der Waals surface area contributed by atoms with Crippen molar-refractivity contribution in [3.8, 4) is 0 Å². The summed E-state index contributed by atoms with van der Waals surface area (Å²) in [5.41, 5.74) is 2.99. The molecule has 1 atom stereocenters. The molecule has 2 rings (SSSR count). The molecule has 0 fully saturated rings. The Hall–Kier alpha value is -2.22. The minimum absolute atomic E-state index is 0.107. The average Bonchev–Trinajstić information content (AvgIpc) is 2.64. The molecular formula is C21H30N3O3S+. The van der Waals surface area contributed by atoms with Crippen LogP contribution in [0.15, 0.2) is 53.4 Å². The molecule has 2 aromatic carbocycles. The van der Waals surface area contributed by atoms with Crippen molar-refractivity contribution in [1.82, 2.24) is 4.31 Å². The van der Waals surface area contributed by atoms with Gasteiger partial charge >= 0.3 is 0 Å². The Morgan fingerprint density at radius 3 is 2.11 bits per heavy atom. The van der Waals surface area contributed by atoms with Gasteiger partial charge in [-0.15, -0.1) is 0 Å². The number of nitrogens with one attached hydrogen (secondary N) is 2. The lowest BCUT2D eigenvalue weighted by atomic mass is 10.1. The van der Waals surface area contributed by atoms with E-state index in [9.17, 15) is 13.2 Å². The lowest BCUT2D eigenvalue weighted by Crippen LogP contribution is -3.08. The smallest absolute Gasteiger partial charge is 0.279 e. The van der Waals surface area contributed by atoms with E-state index in [1.807, 2.05) is 27.8 Å². The summed E-state index contributed by atoms with van der Waals surface area (Å²) in [6.45, 7) is 7.60. The maximum atomic E-state index is 12.5. The van der Waals surface area contributed by atoms with Gasteiger partial charge in [0.25, 0.3) is 5.91 Å². The van der Waals surface area contributed by atoms with Gasteiger partial charge in [-0.3, -0.25) is 4.79 Å². The molecule has 0 heterocycles. The predicted molar refractivity (Wildman–Crippen MR) is 112 cm³/mol. The molecule has 1 amide bonds. The number of carbonyl (C=O) groups is 1. The van der Waals surface area contributed by atoms with Crippen LogP contribution in [0.5, 0.6) is 0 Å². The zero-order chi connectivity index (χ0) is 20.7. The molecule has 2 N–H and O–H groups in total. The Morgan fingerprint density at radius 2 is 1.57 bits per heavy atom. The topological polar surface area (TPSA) is 70.9 Å². The number of amides is 1. The third-order valence-corrected chi connectivity index (χ3v) is 6.63. The van der Waals surface area contributed by atoms with E-state index in [0.29, 0.717) is 25.3 Å². The van der Waals surface area contributed by atoms with Crippen LogP contribution in [-0.2, 0) is 21.4 Å². The number of rotatable bonds is 9. The van der Waals surface area contributed by atoms with E-state index in [-0.39, 0.29) is 10.8 Å². The van der Waals surface area contributed by atoms with Gasteiger partial charge in [0.2, 0.25) is 10.0 Å². The van der Waals surface area contributed by atoms with Crippen molar-refractivity contribution in [3.63, 3.8) is 0 Å². The number of carbonyl (C=O) groups excluding carboxylic acids is 1. The average molecular weight is 405 g/mol. The summed E-state index contributed by atoms with van der Waals surface area (Å²) in [4.78, 5) is 13.6. The van der Waals surface area contributed by atoms with Crippen LogP contribution in [0.25, 0.3) is 0 Å². The Bertz CT molecular complexity index is 874. The normalized spacial score (nSPS) is 12.8. The largest absolute Gasteiger partial charge is 0.326 e. The molecule has 0 bridgehead atoms. The summed E-state index contributed by atoms with van der Waals surface area (Å²) in [5, 5.41) is 2.84. The van der Waals surface area contributed by atoms with Gasteiger partial charge < -0.3 is 10.2 Å². The highest BCUT2D eigenvalue weighted by Crippen LogP contribution is 2.18. The number of likely N-dealkylation sites (N-methyl/N-ethyl adjacent to an activating group) is 1. The van der Waals surface area contributed by atoms with Crippen LogP contribution in [-0.4, -0.2) is 45.3 Å². The second kappa shape index (κ2) is 9.82. The Labute approximate surface area is 168 Å². The summed E-state index contributed by atoms with van der Waals surface area (Å²) < 4.78 is 26.4. The lowest BCUT2D eigenvalue weighted by Gasteiger charge is -2.18. The van der Waals surface area contributed by atoms with Crippen molar-refractivity contribution in [3.05, 3.63) is 59.7 Å². The minimum atomic E-state index is -3.49. The molecule has 0 aliphatic rings. The second-order valence-electron chi connectivity index (χ2n) is 6.96. The number of nitrogens with zero attached hydrogens (tertiary/aromatic N) is 1. The van der Waals surface area contributed by atoms with E-state index in [4.69, 9.17) is 0 Å². The minimum Gasteiger partial charge on any atom is -0.326 e. The number of hydrogen-bond donors (Lipinski definition) is 2. The van der Waals surface area contributed by atoms with Gasteiger partial charge in [0.05, 0.1) is 11.9 Å². The van der Waals surface area contributed by atoms with Crippen LogP contribution in [0.2, 0.25) is 0 Å². The van der Waals surface area contributed by atoms with Crippen LogP contribution in [0.1, 0.15) is 25.0 Å². The molecule has 0 aromatic heterocycles. The molecule has 7 heteroatoms. The first kappa shape index (κ1) is 22.1. The maximum absolute atomic E-state index is 12.5. The molecule has 152 valence electrons. The first-order valence-electron chi connectivity index (χ1n) is 9.53. The number of anilines is 1. The molecule has 0 aliphatic heterocycles. The number of hydrogen-bond acceptors (Lipinski definition) is 3. The van der Waals surface area contributed by atoms with E-state index in [2.05, 4.69) is 29.6 Å². The molecule has 2 aromatic rings. The summed E-state index contributed by atoms with van der Waals surface area (Å²) in [7, 11) is -1.52. The number of benzene rings is 2. The molecule has 0 spiro atoms. The molecule has 28 heavy (non-hydrogen) atoms. The van der Waals surface area contributed by atoms with E-state index in [0.717, 1.165) is 11.4 Å². The molecule has 1 unspecified atom stereocenters. The van der Waals surface area contributed by atoms with Gasteiger partial charge in [0, 0.05) is 24.3 Å². The van der Waals surface area contributed by atoms with E-state index >= 15 is 0 Å². The third kappa shape index (κ3) is 5.89. The van der Waals surface area contributed by atoms with Crippen molar-refractivity contribution < 1.29 is 18.1 Å². The van der Waals surface area contributed by atoms with Crippen molar-refractivity contribution >= 4 is 21.6 Å². The van der Waals surface area contributed by atoms with Crippen molar-refractivity contribution in [1.29, 1.82) is 0 Å². The van der Waals surface area contributed by atoms with Gasteiger partial charge in [0.1, 0.15) is 6.54 Å². The number of sulfonamides is 1. The fraction of sp³-hybridized carbons (Fsp3) is 0.381. The van der Waals surface area contributed by atoms with Gasteiger partial charge in [-0.25, -0.2) is 8.42 Å². The molecule has 0 saturated heterocycles. The zero-order valence-corrected chi connectivity index (χ0v) is 17.8. The second-order valence-corrected chi connectivity index (χ2v) is 8.90. The van der Waals surface area contributed by atoms with Crippen LogP contribution < -0.4 is 10.2 Å². The van der Waals surface area contributed by atoms with Crippen LogP contribution >= 0.6 is 0 Å². The SMILES string of the molecule is CCN(CC)S(=O)(=O)c1ccc(NC(=O)C[NH+](C)Cc2ccc(C)cc2)cc1. The lowest BCUT2D eigenvalue weighted by molar-refractivity contribution is -0.885. The summed E-state index contributed by atoms with van der Waals surface area (Å²) in [6.07, 6.45) is 0. The number of aryl methyl sites for hydroxylation is 1. The Balaban J connectivity index is 1.94. The van der Waals surface area contributed by atoms with Crippen LogP contribution in [0, 0.1) is 6.92 Å². The fourth-order valence-electron chi connectivity index (χ4n) is 3.02. The highest BCUT2D eigenvalue weighted by Gasteiger charge is 2.21. The van der Waals surface area contributed by atoms with Crippen molar-refractivity contribution in [2.24, 2.45) is 0 Å². The molecular weight excluding hydrogens is 374 g/mol. The highest BCUT2D eigenvalue weighted by atomic mass is 32.2. The maximum Gasteiger partial charge on any atom is 0.279 e. The zero-order valence-electron chi connectivity index (χ0n) is 17.0. The summed E-state index contributed by atoms with van der Waals surface area (Å²) in [5.74, 6) is -0.107. The monoisotopic (exact) mass is 404 g/mol. The third-order valence-electron chi connectivity index (χ3n) is 4.57. The van der Waals surface area contributed by atoms with Gasteiger partial charge in [-0.1, -0.05) is 43.7 Å². The molecule has 0 aliphatic carbocycles. The number of quaternary nitrogens is 1. The van der Waals surface area contributed by atoms with Gasteiger partial charge in [-0.2, -0.15) is 4.31 Å². The fourth-order valence-corrected chi connectivity index (χ4v) is 4.48. The van der Waals surface area contributed by atoms with Gasteiger partial charge in [0.15, 0.2) is 6.54 Å². The van der Waals surface area contributed by atoms with E-state index in [1.165, 1.54) is 27.6 Å². The summed E-state index contributed by atoms with van der Waals surface area (Å²) >= 11 is 0. The standard InChI is InChI=1S/C21H29N3O3S/c1-5-24(6-2)28(26,27)20-13-11-19(12-14-20)22-21(25)16-23(4)15-18-9-7-17(3)8-10-18/h7-14H,5-6,15-16H2,1-4H3,(H,22,25)/p+1. The molecule has 0 radical (unpaired) electrons. The van der Waals surface area contributed by atoms with Gasteiger partial charge in [-0.05, 0) is 31.2 Å². The summed E-state index contributed by atoms with van der Waals surface area (Å²) in [6, 6.07) is 14.6. The Morgan fingerprint density at radius 1 is 1.00 bits per heavy atom. The Kier molecular flexibility index (Phi) is 7.74. The molecule has 0 saturated carbocycles. The highest BCUT2D eigenvalue weighted by molar-refractivity contribution is 7.89. The van der Waals surface area contributed by atoms with Crippen molar-refractivity contribution in [2.75, 3.05) is 32.0 Å². The van der Waals surface area contributed by atoms with E-state index < -0.39 is 10.0 Å². The first-order chi connectivity index (χ1) is 13.3. The molecule has 6 nitrogen and oxygen atoms in total. The quantitative estimate of drug-likeness (QED) is 0.668. The van der Waals surface area contributed by atoms with Crippen LogP contribution in [0.3, 0.4) is 0 Å². The van der Waals surface area contributed by atoms with E-state index in [1.54, 1.807) is 12.1 Å².